The number of likely N-dealkylation sites (N-methyl/N-ethyl adjacent to an activating group) is 1. The molecule has 0 fully saturated rings. The number of nitrogen functional groups attached to an aromatic ring is 1. The lowest BCUT2D eigenvalue weighted by atomic mass is 10.1. The quantitative estimate of drug-likeness (QED) is 0.772. The Morgan fingerprint density at radius 3 is 2.65 bits per heavy atom. The molecule has 3 N–H and O–H groups in total. The minimum Gasteiger partial charge on any atom is -0.398 e. The van der Waals surface area contributed by atoms with E-state index in [1.54, 1.807) is 6.07 Å². The predicted molar refractivity (Wildman–Crippen MR) is 71.1 cm³/mol. The molecule has 0 aliphatic rings. The van der Waals surface area contributed by atoms with Gasteiger partial charge < -0.3 is 16.0 Å². The second-order valence-electron chi connectivity index (χ2n) is 4.56. The molecule has 1 aromatic rings. The van der Waals surface area contributed by atoms with Crippen LogP contribution in [0.1, 0.15) is 22.8 Å². The van der Waals surface area contributed by atoms with E-state index in [4.69, 9.17) is 5.73 Å². The van der Waals surface area contributed by atoms with Crippen LogP contribution in [-0.4, -0.2) is 37.5 Å². The molecule has 0 saturated carbocycles. The van der Waals surface area contributed by atoms with Gasteiger partial charge in [-0.15, -0.1) is 0 Å². The molecule has 0 saturated heterocycles. The second-order valence-corrected chi connectivity index (χ2v) is 4.56. The maximum atomic E-state index is 12.0. The van der Waals surface area contributed by atoms with Gasteiger partial charge in [0.1, 0.15) is 0 Å². The molecule has 0 bridgehead atoms. The number of nitrogens with one attached hydrogen (secondary N) is 1. The van der Waals surface area contributed by atoms with E-state index in [2.05, 4.69) is 17.1 Å². The van der Waals surface area contributed by atoms with Crippen molar-refractivity contribution in [3.05, 3.63) is 29.3 Å². The van der Waals surface area contributed by atoms with Gasteiger partial charge in [-0.3, -0.25) is 4.79 Å². The molecule has 0 spiro atoms. The number of rotatable bonds is 4. The summed E-state index contributed by atoms with van der Waals surface area (Å²) in [6.07, 6.45) is 0. The van der Waals surface area contributed by atoms with Crippen molar-refractivity contribution >= 4 is 11.6 Å². The Morgan fingerprint density at radius 2 is 2.12 bits per heavy atom. The zero-order valence-electron chi connectivity index (χ0n) is 10.9. The van der Waals surface area contributed by atoms with Crippen LogP contribution in [0, 0.1) is 6.92 Å². The summed E-state index contributed by atoms with van der Waals surface area (Å²) in [5, 5.41) is 2.90. The van der Waals surface area contributed by atoms with Gasteiger partial charge in [-0.2, -0.15) is 0 Å². The Labute approximate surface area is 103 Å². The summed E-state index contributed by atoms with van der Waals surface area (Å²) in [6.45, 7) is 4.56. The summed E-state index contributed by atoms with van der Waals surface area (Å²) in [5.74, 6) is -0.103. The normalized spacial score (nSPS) is 12.5. The highest BCUT2D eigenvalue weighted by Gasteiger charge is 2.13. The molecule has 0 radical (unpaired) electrons. The van der Waals surface area contributed by atoms with Gasteiger partial charge in [0, 0.05) is 18.3 Å². The number of anilines is 1. The highest BCUT2D eigenvalue weighted by Crippen LogP contribution is 2.15. The summed E-state index contributed by atoms with van der Waals surface area (Å²) in [6, 6.07) is 5.78. The summed E-state index contributed by atoms with van der Waals surface area (Å²) >= 11 is 0. The highest BCUT2D eigenvalue weighted by molar-refractivity contribution is 6.00. The van der Waals surface area contributed by atoms with E-state index >= 15 is 0 Å². The van der Waals surface area contributed by atoms with Gasteiger partial charge in [0.25, 0.3) is 5.91 Å². The summed E-state index contributed by atoms with van der Waals surface area (Å²) in [4.78, 5) is 14.1. The highest BCUT2D eigenvalue weighted by atomic mass is 16.1. The van der Waals surface area contributed by atoms with Crippen LogP contribution in [0.3, 0.4) is 0 Å². The van der Waals surface area contributed by atoms with E-state index in [1.807, 2.05) is 33.2 Å². The average molecular weight is 235 g/mol. The SMILES string of the molecule is Cc1cccc(N)c1C(=O)NCC(C)N(C)C. The number of benzene rings is 1. The second kappa shape index (κ2) is 5.68. The minimum absolute atomic E-state index is 0.103. The van der Waals surface area contributed by atoms with Crippen LogP contribution in [0.25, 0.3) is 0 Å². The number of hydrogen-bond acceptors (Lipinski definition) is 3. The first-order valence-corrected chi connectivity index (χ1v) is 5.73. The van der Waals surface area contributed by atoms with Crippen LogP contribution in [0.4, 0.5) is 5.69 Å². The number of carbonyl (C=O) groups excluding carboxylic acids is 1. The Balaban J connectivity index is 2.71. The number of nitrogens with two attached hydrogens (primary N) is 1. The van der Waals surface area contributed by atoms with Crippen LogP contribution in [-0.2, 0) is 0 Å². The lowest BCUT2D eigenvalue weighted by Crippen LogP contribution is -2.38. The number of amides is 1. The third-order valence-electron chi connectivity index (χ3n) is 2.97. The van der Waals surface area contributed by atoms with Gasteiger partial charge >= 0.3 is 0 Å². The van der Waals surface area contributed by atoms with Crippen molar-refractivity contribution in [2.24, 2.45) is 0 Å². The molecule has 1 aromatic carbocycles. The third-order valence-corrected chi connectivity index (χ3v) is 2.97. The number of carbonyl (C=O) groups is 1. The van der Waals surface area contributed by atoms with Gasteiger partial charge in [-0.1, -0.05) is 12.1 Å². The smallest absolute Gasteiger partial charge is 0.253 e. The van der Waals surface area contributed by atoms with Crippen LogP contribution >= 0.6 is 0 Å². The standard InChI is InChI=1S/C13H21N3O/c1-9-6-5-7-11(14)12(9)13(17)15-8-10(2)16(3)4/h5-7,10H,8,14H2,1-4H3,(H,15,17). The fourth-order valence-electron chi connectivity index (χ4n) is 1.51. The summed E-state index contributed by atoms with van der Waals surface area (Å²) in [7, 11) is 3.97. The molecule has 0 aliphatic heterocycles. The number of hydrogen-bond donors (Lipinski definition) is 2. The lowest BCUT2D eigenvalue weighted by Gasteiger charge is -2.20. The topological polar surface area (TPSA) is 58.4 Å². The molecule has 94 valence electrons. The maximum absolute atomic E-state index is 12.0. The summed E-state index contributed by atoms with van der Waals surface area (Å²) in [5.41, 5.74) is 7.83. The first-order valence-electron chi connectivity index (χ1n) is 5.73. The van der Waals surface area contributed by atoms with Gasteiger partial charge in [0.05, 0.1) is 5.56 Å². The third kappa shape index (κ3) is 3.46. The van der Waals surface area contributed by atoms with Crippen molar-refractivity contribution in [2.75, 3.05) is 26.4 Å². The lowest BCUT2D eigenvalue weighted by molar-refractivity contribution is 0.0944. The Hall–Kier alpha value is -1.55. The molecule has 4 nitrogen and oxygen atoms in total. The first kappa shape index (κ1) is 13.5. The van der Waals surface area contributed by atoms with Gasteiger partial charge in [0.2, 0.25) is 0 Å². The predicted octanol–water partition coefficient (Wildman–Crippen LogP) is 1.26. The van der Waals surface area contributed by atoms with Crippen molar-refractivity contribution < 1.29 is 4.79 Å². The van der Waals surface area contributed by atoms with Crippen LogP contribution in [0.5, 0.6) is 0 Å². The van der Waals surface area contributed by atoms with E-state index in [9.17, 15) is 4.79 Å². The Bertz CT molecular complexity index is 381. The molecular formula is C13H21N3O. The molecule has 0 aliphatic carbocycles. The van der Waals surface area contributed by atoms with Crippen LogP contribution in [0.15, 0.2) is 18.2 Å². The Morgan fingerprint density at radius 1 is 1.47 bits per heavy atom. The van der Waals surface area contributed by atoms with Gasteiger partial charge in [-0.25, -0.2) is 0 Å². The van der Waals surface area contributed by atoms with Crippen molar-refractivity contribution in [1.29, 1.82) is 0 Å². The number of nitrogens with zero attached hydrogens (tertiary/aromatic N) is 1. The fourth-order valence-corrected chi connectivity index (χ4v) is 1.51. The maximum Gasteiger partial charge on any atom is 0.253 e. The molecule has 17 heavy (non-hydrogen) atoms. The van der Waals surface area contributed by atoms with Crippen molar-refractivity contribution in [1.82, 2.24) is 10.2 Å². The molecule has 1 rings (SSSR count). The van der Waals surface area contributed by atoms with Crippen molar-refractivity contribution in [3.63, 3.8) is 0 Å². The van der Waals surface area contributed by atoms with Gasteiger partial charge in [-0.05, 0) is 39.6 Å². The molecule has 1 unspecified atom stereocenters. The van der Waals surface area contributed by atoms with E-state index in [1.165, 1.54) is 0 Å². The van der Waals surface area contributed by atoms with E-state index < -0.39 is 0 Å². The summed E-state index contributed by atoms with van der Waals surface area (Å²) < 4.78 is 0. The largest absolute Gasteiger partial charge is 0.398 e. The first-order chi connectivity index (χ1) is 7.93. The zero-order chi connectivity index (χ0) is 13.0. The molecular weight excluding hydrogens is 214 g/mol. The van der Waals surface area contributed by atoms with Gasteiger partial charge in [0.15, 0.2) is 0 Å². The average Bonchev–Trinajstić information content (AvgIpc) is 2.25. The Kier molecular flexibility index (Phi) is 4.52. The van der Waals surface area contributed by atoms with Crippen LogP contribution in [0.2, 0.25) is 0 Å². The fraction of sp³-hybridized carbons (Fsp3) is 0.462. The molecule has 0 heterocycles. The van der Waals surface area contributed by atoms with Crippen LogP contribution < -0.4 is 11.1 Å². The van der Waals surface area contributed by atoms with E-state index in [0.29, 0.717) is 23.8 Å². The van der Waals surface area contributed by atoms with Crippen molar-refractivity contribution in [3.8, 4) is 0 Å². The number of aryl methyl sites for hydroxylation is 1. The van der Waals surface area contributed by atoms with E-state index in [-0.39, 0.29) is 5.91 Å². The molecule has 1 atom stereocenters. The zero-order valence-corrected chi connectivity index (χ0v) is 10.9. The minimum atomic E-state index is -0.103. The molecule has 0 aromatic heterocycles. The van der Waals surface area contributed by atoms with E-state index in [0.717, 1.165) is 5.56 Å². The molecule has 4 heteroatoms. The van der Waals surface area contributed by atoms with Crippen molar-refractivity contribution in [2.45, 2.75) is 19.9 Å². The molecule has 1 amide bonds. The monoisotopic (exact) mass is 235 g/mol.